The van der Waals surface area contributed by atoms with Crippen LogP contribution in [-0.2, 0) is 9.53 Å². The molecule has 0 bridgehead atoms. The summed E-state index contributed by atoms with van der Waals surface area (Å²) in [6, 6.07) is 0. The van der Waals surface area contributed by atoms with Gasteiger partial charge in [0.25, 0.3) is 0 Å². The maximum atomic E-state index is 12.4. The minimum atomic E-state index is 0.0358. The van der Waals surface area contributed by atoms with E-state index in [1.54, 1.807) is 0 Å². The van der Waals surface area contributed by atoms with Crippen molar-refractivity contribution >= 4 is 5.78 Å². The number of hydrogen-bond donors (Lipinski definition) is 0. The summed E-state index contributed by atoms with van der Waals surface area (Å²) < 4.78 is 5.68. The van der Waals surface area contributed by atoms with Gasteiger partial charge >= 0.3 is 0 Å². The first-order chi connectivity index (χ1) is 10.5. The Morgan fingerprint density at radius 3 is 2.59 bits per heavy atom. The lowest BCUT2D eigenvalue weighted by atomic mass is 9.45. The highest BCUT2D eigenvalue weighted by Gasteiger charge is 2.60. The van der Waals surface area contributed by atoms with Gasteiger partial charge in [-0.1, -0.05) is 13.8 Å². The number of ether oxygens (including phenoxy) is 1. The summed E-state index contributed by atoms with van der Waals surface area (Å²) in [6.45, 7) is 4.87. The van der Waals surface area contributed by atoms with Crippen molar-refractivity contribution in [2.45, 2.75) is 77.7 Å². The summed E-state index contributed by atoms with van der Waals surface area (Å²) in [5.41, 5.74) is 0.555. The molecule has 22 heavy (non-hydrogen) atoms. The molecule has 0 N–H and O–H groups in total. The highest BCUT2D eigenvalue weighted by Crippen LogP contribution is 2.65. The van der Waals surface area contributed by atoms with Crippen LogP contribution in [0.5, 0.6) is 0 Å². The van der Waals surface area contributed by atoms with Gasteiger partial charge < -0.3 is 4.74 Å². The van der Waals surface area contributed by atoms with Crippen molar-refractivity contribution in [3.05, 3.63) is 0 Å². The van der Waals surface area contributed by atoms with Crippen LogP contribution in [0.4, 0.5) is 0 Å². The second kappa shape index (κ2) is 5.06. The molecule has 0 radical (unpaired) electrons. The highest BCUT2D eigenvalue weighted by molar-refractivity contribution is 5.87. The Balaban J connectivity index is 1.60. The van der Waals surface area contributed by atoms with Gasteiger partial charge in [0.1, 0.15) is 5.78 Å². The van der Waals surface area contributed by atoms with Crippen LogP contribution < -0.4 is 0 Å². The zero-order chi connectivity index (χ0) is 15.5. The summed E-state index contributed by atoms with van der Waals surface area (Å²) in [4.78, 5) is 12.4. The third kappa shape index (κ3) is 1.92. The van der Waals surface area contributed by atoms with E-state index in [0.29, 0.717) is 23.2 Å². The zero-order valence-electron chi connectivity index (χ0n) is 14.6. The molecule has 0 aromatic rings. The second-order valence-corrected chi connectivity index (χ2v) is 9.21. The van der Waals surface area contributed by atoms with E-state index < -0.39 is 0 Å². The quantitative estimate of drug-likeness (QED) is 0.707. The minimum absolute atomic E-state index is 0.0358. The summed E-state index contributed by atoms with van der Waals surface area (Å²) in [5, 5.41) is 0. The Morgan fingerprint density at radius 2 is 1.82 bits per heavy atom. The smallest absolute Gasteiger partial charge is 0.139 e. The topological polar surface area (TPSA) is 26.3 Å². The van der Waals surface area contributed by atoms with Gasteiger partial charge in [-0.3, -0.25) is 4.79 Å². The van der Waals surface area contributed by atoms with E-state index in [0.717, 1.165) is 30.6 Å². The minimum Gasteiger partial charge on any atom is -0.381 e. The number of carbonyl (C=O) groups excluding carboxylic acids is 1. The molecular weight excluding hydrogens is 272 g/mol. The van der Waals surface area contributed by atoms with Gasteiger partial charge in [-0.05, 0) is 80.5 Å². The summed E-state index contributed by atoms with van der Waals surface area (Å²) >= 11 is 0. The van der Waals surface area contributed by atoms with Crippen molar-refractivity contribution in [3.63, 3.8) is 0 Å². The average Bonchev–Trinajstić information content (AvgIpc) is 2.82. The predicted octanol–water partition coefficient (Wildman–Crippen LogP) is 4.61. The van der Waals surface area contributed by atoms with Crippen LogP contribution >= 0.6 is 0 Å². The summed E-state index contributed by atoms with van der Waals surface area (Å²) in [7, 11) is 1.88. The fraction of sp³-hybridized carbons (Fsp3) is 0.950. The molecule has 4 fully saturated rings. The first-order valence-corrected chi connectivity index (χ1v) is 9.55. The molecular formula is C20H32O2. The van der Waals surface area contributed by atoms with E-state index in [2.05, 4.69) is 13.8 Å². The van der Waals surface area contributed by atoms with Crippen LogP contribution in [0.25, 0.3) is 0 Å². The molecule has 4 aliphatic carbocycles. The van der Waals surface area contributed by atoms with Crippen LogP contribution in [0.15, 0.2) is 0 Å². The zero-order valence-corrected chi connectivity index (χ0v) is 14.6. The Bertz CT molecular complexity index is 472. The van der Waals surface area contributed by atoms with Gasteiger partial charge in [0.15, 0.2) is 0 Å². The Hall–Kier alpha value is -0.370. The normalized spacial score (nSPS) is 54.5. The van der Waals surface area contributed by atoms with Gasteiger partial charge in [0.2, 0.25) is 0 Å². The van der Waals surface area contributed by atoms with Crippen molar-refractivity contribution in [2.75, 3.05) is 7.11 Å². The highest BCUT2D eigenvalue weighted by atomic mass is 16.5. The van der Waals surface area contributed by atoms with Crippen molar-refractivity contribution in [1.29, 1.82) is 0 Å². The van der Waals surface area contributed by atoms with Crippen molar-refractivity contribution in [3.8, 4) is 0 Å². The molecule has 0 spiro atoms. The second-order valence-electron chi connectivity index (χ2n) is 9.21. The van der Waals surface area contributed by atoms with Crippen LogP contribution in [0, 0.1) is 34.5 Å². The molecule has 7 unspecified atom stereocenters. The number of rotatable bonds is 1. The lowest BCUT2D eigenvalue weighted by molar-refractivity contribution is -0.143. The molecule has 4 rings (SSSR count). The van der Waals surface area contributed by atoms with Gasteiger partial charge in [0.05, 0.1) is 6.10 Å². The van der Waals surface area contributed by atoms with Gasteiger partial charge in [-0.25, -0.2) is 0 Å². The number of fused-ring (bicyclic) bond motifs is 5. The standard InChI is InChI=1S/C20H32O2/c1-19-10-8-14(22-3)12-13(19)4-5-15-16-6-7-18(21)20(16,2)11-9-17(15)19/h13-17H,4-12H2,1-3H3. The third-order valence-corrected chi connectivity index (χ3v) is 8.66. The first-order valence-electron chi connectivity index (χ1n) is 9.55. The lowest BCUT2D eigenvalue weighted by Gasteiger charge is -2.60. The molecule has 0 aromatic heterocycles. The molecule has 4 saturated carbocycles. The van der Waals surface area contributed by atoms with Crippen molar-refractivity contribution in [1.82, 2.24) is 0 Å². The van der Waals surface area contributed by atoms with E-state index in [4.69, 9.17) is 4.74 Å². The SMILES string of the molecule is COC1CCC2(C)C(CCC3C4CCC(=O)C4(C)CCC32)C1. The molecule has 0 saturated heterocycles. The number of methoxy groups -OCH3 is 1. The summed E-state index contributed by atoms with van der Waals surface area (Å²) in [5.74, 6) is 3.82. The maximum absolute atomic E-state index is 12.4. The Labute approximate surface area is 135 Å². The maximum Gasteiger partial charge on any atom is 0.139 e. The van der Waals surface area contributed by atoms with Crippen molar-refractivity contribution in [2.24, 2.45) is 34.5 Å². The fourth-order valence-electron chi connectivity index (χ4n) is 7.20. The molecule has 0 aliphatic heterocycles. The third-order valence-electron chi connectivity index (χ3n) is 8.66. The van der Waals surface area contributed by atoms with E-state index in [1.165, 1.54) is 44.9 Å². The Morgan fingerprint density at radius 1 is 1.00 bits per heavy atom. The summed E-state index contributed by atoms with van der Waals surface area (Å²) in [6.07, 6.45) is 11.6. The van der Waals surface area contributed by atoms with Crippen LogP contribution in [0.3, 0.4) is 0 Å². The molecule has 0 aromatic carbocycles. The molecule has 0 amide bonds. The van der Waals surface area contributed by atoms with E-state index in [9.17, 15) is 4.79 Å². The number of ketones is 1. The molecule has 4 aliphatic rings. The van der Waals surface area contributed by atoms with E-state index in [-0.39, 0.29) is 5.41 Å². The van der Waals surface area contributed by atoms with Crippen molar-refractivity contribution < 1.29 is 9.53 Å². The van der Waals surface area contributed by atoms with Gasteiger partial charge in [0, 0.05) is 18.9 Å². The largest absolute Gasteiger partial charge is 0.381 e. The first kappa shape index (κ1) is 15.2. The Kier molecular flexibility index (Phi) is 3.49. The molecule has 7 atom stereocenters. The number of hydrogen-bond acceptors (Lipinski definition) is 2. The molecule has 0 heterocycles. The monoisotopic (exact) mass is 304 g/mol. The number of Topliss-reactive ketones (excluding diaryl/α,β-unsaturated/α-hetero) is 1. The van der Waals surface area contributed by atoms with E-state index >= 15 is 0 Å². The number of carbonyl (C=O) groups is 1. The van der Waals surface area contributed by atoms with Gasteiger partial charge in [-0.2, -0.15) is 0 Å². The molecule has 124 valence electrons. The predicted molar refractivity (Wildman–Crippen MR) is 87.5 cm³/mol. The fourth-order valence-corrected chi connectivity index (χ4v) is 7.20. The van der Waals surface area contributed by atoms with Crippen LogP contribution in [0.2, 0.25) is 0 Å². The lowest BCUT2D eigenvalue weighted by Crippen LogP contribution is -2.54. The molecule has 2 heteroatoms. The van der Waals surface area contributed by atoms with E-state index in [1.807, 2.05) is 7.11 Å². The van der Waals surface area contributed by atoms with Crippen LogP contribution in [0.1, 0.15) is 71.6 Å². The average molecular weight is 304 g/mol. The van der Waals surface area contributed by atoms with Crippen LogP contribution in [-0.4, -0.2) is 19.0 Å². The van der Waals surface area contributed by atoms with Gasteiger partial charge in [-0.15, -0.1) is 0 Å². The molecule has 2 nitrogen and oxygen atoms in total.